The van der Waals surface area contributed by atoms with E-state index >= 15 is 0 Å². The van der Waals surface area contributed by atoms with Gasteiger partial charge in [0.25, 0.3) is 0 Å². The molecule has 2 atom stereocenters. The van der Waals surface area contributed by atoms with Crippen LogP contribution in [-0.2, 0) is 29.2 Å². The van der Waals surface area contributed by atoms with E-state index in [0.717, 1.165) is 38.5 Å². The molecule has 0 saturated heterocycles. The number of unbranched alkanes of at least 4 members (excludes halogenated alkanes) is 52. The molecule has 0 aromatic rings. The molecule has 0 N–H and O–H groups in total. The second kappa shape index (κ2) is 71.2. The van der Waals surface area contributed by atoms with E-state index in [1.807, 2.05) is 0 Å². The molecule has 0 aliphatic heterocycles. The van der Waals surface area contributed by atoms with Crippen molar-refractivity contribution >= 4 is 58.5 Å². The van der Waals surface area contributed by atoms with E-state index in [1.165, 1.54) is 334 Å². The minimum absolute atomic E-state index is 0. The average molecular weight is 1210 g/mol. The predicted octanol–water partition coefficient (Wildman–Crippen LogP) is 23.6. The standard InChI is InChI=1S/2C35H70O4S.Ca/c2*1-3-5-7-9-11-13-15-16-17-18-19-20-21-23-25-27-29-31-33-35(34-39-40(36,37)38)32-30-28-26-24-22-14-12-10-8-6-4-2;/h2*31,33,35H,3-30,32,34H2,1-2H3,(H,36,37,38);/q;;+2/p-2/b2*33-31+;. The summed E-state index contributed by atoms with van der Waals surface area (Å²) in [5, 5.41) is 0. The van der Waals surface area contributed by atoms with Crippen LogP contribution in [0.1, 0.15) is 400 Å². The second-order valence-electron chi connectivity index (χ2n) is 24.6. The Morgan fingerprint density at radius 3 is 0.605 bits per heavy atom. The van der Waals surface area contributed by atoms with Gasteiger partial charge in [-0.1, -0.05) is 386 Å². The van der Waals surface area contributed by atoms with E-state index in [4.69, 9.17) is 0 Å². The summed E-state index contributed by atoms with van der Waals surface area (Å²) in [4.78, 5) is 0. The molecule has 8 nitrogen and oxygen atoms in total. The van der Waals surface area contributed by atoms with Gasteiger partial charge in [-0.3, -0.25) is 8.37 Å². The van der Waals surface area contributed by atoms with E-state index in [0.29, 0.717) is 0 Å². The van der Waals surface area contributed by atoms with Gasteiger partial charge in [-0.05, 0) is 38.5 Å². The van der Waals surface area contributed by atoms with Crippen molar-refractivity contribution in [2.24, 2.45) is 11.8 Å². The number of hydrogen-bond donors (Lipinski definition) is 0. The molecule has 0 aromatic carbocycles. The van der Waals surface area contributed by atoms with Crippen LogP contribution >= 0.6 is 0 Å². The molecule has 0 bridgehead atoms. The van der Waals surface area contributed by atoms with Gasteiger partial charge in [0.15, 0.2) is 0 Å². The Kier molecular flexibility index (Phi) is 75.4. The van der Waals surface area contributed by atoms with Crippen molar-refractivity contribution in [3.05, 3.63) is 24.3 Å². The summed E-state index contributed by atoms with van der Waals surface area (Å²) >= 11 is 0. The summed E-state index contributed by atoms with van der Waals surface area (Å²) in [5.41, 5.74) is 0. The third-order valence-corrected chi connectivity index (χ3v) is 17.3. The van der Waals surface area contributed by atoms with E-state index < -0.39 is 20.8 Å². The maximum atomic E-state index is 10.9. The van der Waals surface area contributed by atoms with Gasteiger partial charge in [-0.15, -0.1) is 0 Å². The third kappa shape index (κ3) is 80.5. The van der Waals surface area contributed by atoms with Gasteiger partial charge < -0.3 is 9.11 Å². The number of rotatable bonds is 66. The van der Waals surface area contributed by atoms with Crippen molar-refractivity contribution in [1.82, 2.24) is 0 Å². The first-order valence-corrected chi connectivity index (χ1v) is 38.2. The quantitative estimate of drug-likeness (QED) is 0.0193. The van der Waals surface area contributed by atoms with Crippen LogP contribution in [0.3, 0.4) is 0 Å². The van der Waals surface area contributed by atoms with Crippen molar-refractivity contribution in [3.63, 3.8) is 0 Å². The molecule has 0 spiro atoms. The third-order valence-electron chi connectivity index (χ3n) is 16.5. The molecule has 0 rings (SSSR count). The van der Waals surface area contributed by atoms with E-state index in [1.54, 1.807) is 0 Å². The second-order valence-corrected chi connectivity index (χ2v) is 26.7. The molecule has 0 fully saturated rings. The molecule has 0 amide bonds. The Bertz CT molecular complexity index is 1350. The minimum atomic E-state index is -4.62. The molecule has 0 aliphatic rings. The predicted molar refractivity (Wildman–Crippen MR) is 353 cm³/mol. The van der Waals surface area contributed by atoms with Crippen molar-refractivity contribution in [2.75, 3.05) is 13.2 Å². The van der Waals surface area contributed by atoms with Crippen LogP contribution in [0.15, 0.2) is 24.3 Å². The summed E-state index contributed by atoms with van der Waals surface area (Å²) in [6, 6.07) is 0. The topological polar surface area (TPSA) is 133 Å². The Hall–Kier alpha value is 0.480. The van der Waals surface area contributed by atoms with Crippen LogP contribution < -0.4 is 0 Å². The molecule has 0 heterocycles. The SMILES string of the molecule is CCCCCCCCCCCCCCCCCC/C=C/C(CCCCCCCCCCCCC)COS(=O)(=O)[O-].CCCCCCCCCCCCCCCCCC/C=C/C(CCCCCCCCCCCCC)COS(=O)(=O)[O-].[Ca+2]. The Balaban J connectivity index is -0.00000148. The molecule has 0 radical (unpaired) electrons. The van der Waals surface area contributed by atoms with E-state index in [-0.39, 0.29) is 62.8 Å². The van der Waals surface area contributed by atoms with Crippen molar-refractivity contribution in [1.29, 1.82) is 0 Å². The molecule has 2 unspecified atom stereocenters. The zero-order valence-corrected chi connectivity index (χ0v) is 58.5. The molecule has 0 aromatic heterocycles. The maximum Gasteiger partial charge on any atom is 2.00 e. The van der Waals surface area contributed by atoms with Gasteiger partial charge in [0, 0.05) is 11.8 Å². The van der Waals surface area contributed by atoms with E-state index in [9.17, 15) is 25.9 Å². The van der Waals surface area contributed by atoms with Crippen LogP contribution in [0.5, 0.6) is 0 Å². The van der Waals surface area contributed by atoms with Gasteiger partial charge in [-0.25, -0.2) is 16.8 Å². The summed E-state index contributed by atoms with van der Waals surface area (Å²) in [5.74, 6) is 0.0340. The summed E-state index contributed by atoms with van der Waals surface area (Å²) in [6.45, 7) is 9.05. The minimum Gasteiger partial charge on any atom is -0.726 e. The fraction of sp³-hybridized carbons (Fsp3) is 0.943. The van der Waals surface area contributed by atoms with Gasteiger partial charge >= 0.3 is 37.7 Å². The smallest absolute Gasteiger partial charge is 0.726 e. The molecule has 81 heavy (non-hydrogen) atoms. The number of allylic oxidation sites excluding steroid dienone is 2. The fourth-order valence-electron chi connectivity index (χ4n) is 11.2. The first kappa shape index (κ1) is 85.7. The maximum absolute atomic E-state index is 10.9. The van der Waals surface area contributed by atoms with E-state index in [2.05, 4.69) is 60.4 Å². The molecule has 0 aliphatic carbocycles. The van der Waals surface area contributed by atoms with Crippen LogP contribution in [0, 0.1) is 11.8 Å². The number of hydrogen-bond acceptors (Lipinski definition) is 8. The Morgan fingerprint density at radius 2 is 0.432 bits per heavy atom. The Labute approximate surface area is 538 Å². The van der Waals surface area contributed by atoms with Gasteiger partial charge in [-0.2, -0.15) is 0 Å². The summed E-state index contributed by atoms with van der Waals surface area (Å²) in [6.07, 6.45) is 84.9. The van der Waals surface area contributed by atoms with Gasteiger partial charge in [0.2, 0.25) is 20.8 Å². The molecule has 11 heteroatoms. The van der Waals surface area contributed by atoms with Gasteiger partial charge in [0.05, 0.1) is 13.2 Å². The van der Waals surface area contributed by atoms with Crippen LogP contribution in [0.25, 0.3) is 0 Å². The normalized spacial score (nSPS) is 12.8. The van der Waals surface area contributed by atoms with Gasteiger partial charge in [0.1, 0.15) is 0 Å². The average Bonchev–Trinajstić information content (AvgIpc) is 3.43. The molecule has 480 valence electrons. The van der Waals surface area contributed by atoms with Crippen molar-refractivity contribution in [3.8, 4) is 0 Å². The van der Waals surface area contributed by atoms with Crippen molar-refractivity contribution < 1.29 is 34.3 Å². The summed E-state index contributed by atoms with van der Waals surface area (Å²) < 4.78 is 74.8. The largest absolute Gasteiger partial charge is 2.00 e. The first-order chi connectivity index (χ1) is 39.0. The van der Waals surface area contributed by atoms with Crippen LogP contribution in [0.4, 0.5) is 0 Å². The monoisotopic (exact) mass is 1210 g/mol. The zero-order valence-electron chi connectivity index (χ0n) is 54.7. The first-order valence-electron chi connectivity index (χ1n) is 35.5. The molecule has 0 saturated carbocycles. The Morgan fingerprint density at radius 1 is 0.272 bits per heavy atom. The molecular formula is C70H138CaO8S2. The molecular weight excluding hydrogens is 1070 g/mol. The van der Waals surface area contributed by atoms with Crippen LogP contribution in [-0.4, -0.2) is 76.9 Å². The van der Waals surface area contributed by atoms with Crippen LogP contribution in [0.2, 0.25) is 0 Å². The summed E-state index contributed by atoms with van der Waals surface area (Å²) in [7, 11) is -9.24. The van der Waals surface area contributed by atoms with Crippen molar-refractivity contribution in [2.45, 2.75) is 400 Å². The fourth-order valence-corrected chi connectivity index (χ4v) is 11.8. The zero-order chi connectivity index (χ0) is 58.8.